The average molecular weight is 699 g/mol. The molecular formula is C48H30N2S2. The first kappa shape index (κ1) is 28.7. The number of para-hydroxylation sites is 3. The van der Waals surface area contributed by atoms with Gasteiger partial charge >= 0.3 is 0 Å². The van der Waals surface area contributed by atoms with Crippen molar-refractivity contribution < 1.29 is 0 Å². The molecule has 0 fully saturated rings. The van der Waals surface area contributed by atoms with Gasteiger partial charge in [-0.25, -0.2) is 0 Å². The first-order valence-corrected chi connectivity index (χ1v) is 19.6. The van der Waals surface area contributed by atoms with E-state index in [0.29, 0.717) is 0 Å². The van der Waals surface area contributed by atoms with Crippen molar-refractivity contribution in [2.45, 2.75) is 12.8 Å². The summed E-state index contributed by atoms with van der Waals surface area (Å²) < 4.78 is 10.5. The van der Waals surface area contributed by atoms with Crippen molar-refractivity contribution >= 4 is 102 Å². The first-order chi connectivity index (χ1) is 25.8. The normalized spacial score (nSPS) is 13.2. The highest BCUT2D eigenvalue weighted by atomic mass is 32.1. The fourth-order valence-electron chi connectivity index (χ4n) is 9.09. The van der Waals surface area contributed by atoms with E-state index in [2.05, 4.69) is 167 Å². The van der Waals surface area contributed by atoms with Crippen LogP contribution in [0.5, 0.6) is 0 Å². The fraction of sp³-hybridized carbons (Fsp3) is 0.0417. The van der Waals surface area contributed by atoms with Crippen LogP contribution in [0.15, 0.2) is 152 Å². The highest BCUT2D eigenvalue weighted by Gasteiger charge is 2.25. The van der Waals surface area contributed by atoms with Crippen LogP contribution in [0.2, 0.25) is 0 Å². The Morgan fingerprint density at radius 2 is 0.962 bits per heavy atom. The van der Waals surface area contributed by atoms with Crippen LogP contribution in [0.25, 0.3) is 102 Å². The monoisotopic (exact) mass is 698 g/mol. The lowest BCUT2D eigenvalue weighted by molar-refractivity contribution is 0.968. The quantitative estimate of drug-likeness (QED) is 0.174. The first-order valence-electron chi connectivity index (χ1n) is 18.0. The third kappa shape index (κ3) is 3.83. The van der Waals surface area contributed by atoms with E-state index >= 15 is 0 Å². The number of allylic oxidation sites excluding steroid dienone is 1. The van der Waals surface area contributed by atoms with Crippen LogP contribution >= 0.6 is 22.7 Å². The largest absolute Gasteiger partial charge is 0.308 e. The Hall–Kier alpha value is -5.94. The van der Waals surface area contributed by atoms with Crippen LogP contribution in [-0.4, -0.2) is 9.13 Å². The van der Waals surface area contributed by atoms with Crippen LogP contribution in [0, 0.1) is 0 Å². The lowest BCUT2D eigenvalue weighted by Gasteiger charge is -2.20. The molecule has 2 nitrogen and oxygen atoms in total. The second-order valence-electron chi connectivity index (χ2n) is 13.9. The number of aryl methyl sites for hydroxylation is 1. The van der Waals surface area contributed by atoms with Gasteiger partial charge in [-0.3, -0.25) is 0 Å². The maximum atomic E-state index is 2.59. The summed E-state index contributed by atoms with van der Waals surface area (Å²) in [5, 5.41) is 9.28. The van der Waals surface area contributed by atoms with E-state index in [1.54, 1.807) is 0 Å². The molecule has 12 rings (SSSR count). The molecule has 7 aromatic carbocycles. The van der Waals surface area contributed by atoms with Crippen molar-refractivity contribution in [1.82, 2.24) is 9.13 Å². The van der Waals surface area contributed by atoms with E-state index in [-0.39, 0.29) is 0 Å². The molecule has 0 unspecified atom stereocenters. The van der Waals surface area contributed by atoms with Crippen LogP contribution < -0.4 is 0 Å². The molecule has 0 aliphatic heterocycles. The Morgan fingerprint density at radius 3 is 1.65 bits per heavy atom. The summed E-state index contributed by atoms with van der Waals surface area (Å²) in [6.07, 6.45) is 6.84. The predicted octanol–water partition coefficient (Wildman–Crippen LogP) is 14.1. The Morgan fingerprint density at radius 1 is 0.423 bits per heavy atom. The second-order valence-corrected chi connectivity index (χ2v) is 16.1. The number of hydrogen-bond acceptors (Lipinski definition) is 2. The van der Waals surface area contributed by atoms with Crippen molar-refractivity contribution in [1.29, 1.82) is 0 Å². The number of nitrogens with zero attached hydrogens (tertiary/aromatic N) is 2. The number of benzene rings is 7. The highest BCUT2D eigenvalue weighted by molar-refractivity contribution is 7.26. The van der Waals surface area contributed by atoms with E-state index in [1.807, 2.05) is 22.7 Å². The number of rotatable bonds is 3. The van der Waals surface area contributed by atoms with Crippen LogP contribution in [0.1, 0.15) is 17.7 Å². The van der Waals surface area contributed by atoms with Crippen molar-refractivity contribution in [2.24, 2.45) is 0 Å². The minimum Gasteiger partial charge on any atom is -0.308 e. The molecule has 0 N–H and O–H groups in total. The maximum absolute atomic E-state index is 2.59. The summed E-state index contributed by atoms with van der Waals surface area (Å²) in [4.78, 5) is 0. The summed E-state index contributed by atoms with van der Waals surface area (Å²) in [7, 11) is 0. The molecule has 0 saturated carbocycles. The third-order valence-corrected chi connectivity index (χ3v) is 13.5. The van der Waals surface area contributed by atoms with Crippen LogP contribution in [0.4, 0.5) is 0 Å². The fourth-order valence-corrected chi connectivity index (χ4v) is 11.3. The van der Waals surface area contributed by atoms with Gasteiger partial charge in [-0.2, -0.15) is 0 Å². The van der Waals surface area contributed by atoms with Gasteiger partial charge in [0.15, 0.2) is 0 Å². The van der Waals surface area contributed by atoms with Crippen LogP contribution in [0.3, 0.4) is 0 Å². The summed E-state index contributed by atoms with van der Waals surface area (Å²) in [6.45, 7) is 0. The molecule has 4 aromatic heterocycles. The second kappa shape index (κ2) is 10.8. The molecule has 0 spiro atoms. The number of aromatic nitrogens is 2. The molecule has 0 atom stereocenters. The molecule has 11 aromatic rings. The zero-order chi connectivity index (χ0) is 33.9. The lowest BCUT2D eigenvalue weighted by Crippen LogP contribution is -2.04. The topological polar surface area (TPSA) is 9.86 Å². The average Bonchev–Trinajstić information content (AvgIpc) is 3.95. The SMILES string of the molecule is C1=Cc2c(c3ccc4sc5ccccc5c4c3n2-c2ccccc2-c2ccccc2-n2c3ccccc3c3ccc4sc5ccccc5c4c32)CC1. The smallest absolute Gasteiger partial charge is 0.0634 e. The van der Waals surface area contributed by atoms with Gasteiger partial charge in [0.25, 0.3) is 0 Å². The van der Waals surface area contributed by atoms with E-state index in [4.69, 9.17) is 0 Å². The minimum atomic E-state index is 1.05. The zero-order valence-electron chi connectivity index (χ0n) is 28.1. The molecule has 244 valence electrons. The number of hydrogen-bond donors (Lipinski definition) is 0. The number of fused-ring (bicyclic) bond motifs is 14. The van der Waals surface area contributed by atoms with Gasteiger partial charge < -0.3 is 9.13 Å². The number of thiophene rings is 2. The van der Waals surface area contributed by atoms with Gasteiger partial charge in [-0.05, 0) is 66.9 Å². The van der Waals surface area contributed by atoms with E-state index in [0.717, 1.165) is 12.8 Å². The third-order valence-electron chi connectivity index (χ3n) is 11.2. The maximum Gasteiger partial charge on any atom is 0.0634 e. The van der Waals surface area contributed by atoms with Crippen molar-refractivity contribution in [3.63, 3.8) is 0 Å². The van der Waals surface area contributed by atoms with Crippen molar-refractivity contribution in [3.05, 3.63) is 163 Å². The minimum absolute atomic E-state index is 1.05. The van der Waals surface area contributed by atoms with E-state index in [9.17, 15) is 0 Å². The Balaban J connectivity index is 1.21. The summed E-state index contributed by atoms with van der Waals surface area (Å²) in [5.74, 6) is 0. The van der Waals surface area contributed by atoms with Gasteiger partial charge in [0, 0.05) is 73.3 Å². The molecular weight excluding hydrogens is 669 g/mol. The lowest BCUT2D eigenvalue weighted by atomic mass is 9.99. The summed E-state index contributed by atoms with van der Waals surface area (Å²) in [6, 6.07) is 54.2. The molecule has 1 aliphatic carbocycles. The highest BCUT2D eigenvalue weighted by Crippen LogP contribution is 2.47. The molecule has 0 bridgehead atoms. The molecule has 4 heteroatoms. The summed E-state index contributed by atoms with van der Waals surface area (Å²) >= 11 is 3.78. The Kier molecular flexibility index (Phi) is 5.96. The predicted molar refractivity (Wildman–Crippen MR) is 226 cm³/mol. The molecule has 0 saturated heterocycles. The van der Waals surface area contributed by atoms with Crippen LogP contribution in [-0.2, 0) is 6.42 Å². The molecule has 0 radical (unpaired) electrons. The Labute approximate surface area is 307 Å². The van der Waals surface area contributed by atoms with Gasteiger partial charge in [0.1, 0.15) is 0 Å². The summed E-state index contributed by atoms with van der Waals surface area (Å²) in [5.41, 5.74) is 11.4. The Bertz CT molecular complexity index is 3310. The molecule has 0 amide bonds. The van der Waals surface area contributed by atoms with Crippen molar-refractivity contribution in [2.75, 3.05) is 0 Å². The van der Waals surface area contributed by atoms with Gasteiger partial charge in [0.2, 0.25) is 0 Å². The van der Waals surface area contributed by atoms with E-state index < -0.39 is 0 Å². The van der Waals surface area contributed by atoms with Crippen molar-refractivity contribution in [3.8, 4) is 22.5 Å². The zero-order valence-corrected chi connectivity index (χ0v) is 29.8. The van der Waals surface area contributed by atoms with Gasteiger partial charge in [-0.15, -0.1) is 22.7 Å². The molecule has 52 heavy (non-hydrogen) atoms. The molecule has 1 aliphatic rings. The van der Waals surface area contributed by atoms with E-state index in [1.165, 1.54) is 107 Å². The van der Waals surface area contributed by atoms with Gasteiger partial charge in [-0.1, -0.05) is 109 Å². The molecule has 4 heterocycles. The standard InChI is InChI=1S/C48H30N2S2/c1-7-19-37(49-39-21-9-3-15-31(39)33-25-27-43-45(47(33)49)35-17-5-11-23-41(35)51-43)29(13-1)30-14-2-8-20-38(30)50-40-22-10-4-16-32(40)34-26-28-44-46(48(34)50)36-18-6-12-24-42(36)52-44/h1-3,5-15,17-28H,4,16H2. The van der Waals surface area contributed by atoms with Gasteiger partial charge in [0.05, 0.1) is 27.9 Å².